The van der Waals surface area contributed by atoms with E-state index in [1.807, 2.05) is 6.92 Å². The third-order valence-corrected chi connectivity index (χ3v) is 3.54. The highest BCUT2D eigenvalue weighted by Gasteiger charge is 2.46. The number of methoxy groups -OCH3 is 1. The standard InChI is InChI=1S/C10H18O2/c1-10(11)5-7-3-9(12-2)4-8(7)6-10/h7-9,11H,3-6H2,1-2H3/t7-,8+,9?,10?. The Bertz CT molecular complexity index is 161. The van der Waals surface area contributed by atoms with Gasteiger partial charge in [0.05, 0.1) is 11.7 Å². The molecule has 1 N–H and O–H groups in total. The number of aliphatic hydroxyl groups is 1. The zero-order chi connectivity index (χ0) is 8.77. The van der Waals surface area contributed by atoms with E-state index in [1.165, 1.54) is 0 Å². The lowest BCUT2D eigenvalue weighted by Crippen LogP contribution is -2.21. The predicted octanol–water partition coefficient (Wildman–Crippen LogP) is 1.57. The van der Waals surface area contributed by atoms with Gasteiger partial charge in [-0.05, 0) is 44.4 Å². The molecular formula is C10H18O2. The molecule has 0 bridgehead atoms. The highest BCUT2D eigenvalue weighted by atomic mass is 16.5. The van der Waals surface area contributed by atoms with Crippen molar-refractivity contribution in [3.63, 3.8) is 0 Å². The van der Waals surface area contributed by atoms with Gasteiger partial charge < -0.3 is 9.84 Å². The molecule has 0 amide bonds. The van der Waals surface area contributed by atoms with Crippen molar-refractivity contribution in [3.05, 3.63) is 0 Å². The fraction of sp³-hybridized carbons (Fsp3) is 1.00. The Morgan fingerprint density at radius 2 is 1.75 bits per heavy atom. The second-order valence-corrected chi connectivity index (χ2v) is 4.75. The van der Waals surface area contributed by atoms with Gasteiger partial charge in [0.15, 0.2) is 0 Å². The number of hydrogen-bond donors (Lipinski definition) is 1. The Morgan fingerprint density at radius 3 is 2.17 bits per heavy atom. The summed E-state index contributed by atoms with van der Waals surface area (Å²) in [6, 6.07) is 0. The van der Waals surface area contributed by atoms with Crippen molar-refractivity contribution in [3.8, 4) is 0 Å². The maximum Gasteiger partial charge on any atom is 0.0625 e. The molecule has 0 aromatic heterocycles. The molecule has 2 heteroatoms. The minimum Gasteiger partial charge on any atom is -0.390 e. The van der Waals surface area contributed by atoms with Crippen LogP contribution in [-0.2, 0) is 4.74 Å². The Labute approximate surface area is 73.9 Å². The summed E-state index contributed by atoms with van der Waals surface area (Å²) in [5.41, 5.74) is -0.381. The van der Waals surface area contributed by atoms with Gasteiger partial charge in [-0.1, -0.05) is 0 Å². The molecule has 70 valence electrons. The normalized spacial score (nSPS) is 52.8. The first-order valence-corrected chi connectivity index (χ1v) is 4.86. The molecule has 2 aliphatic rings. The SMILES string of the molecule is COC1C[C@@H]2CC(C)(O)C[C@@H]2C1. The zero-order valence-corrected chi connectivity index (χ0v) is 7.92. The third-order valence-electron chi connectivity index (χ3n) is 3.54. The molecule has 0 heterocycles. The van der Waals surface area contributed by atoms with Gasteiger partial charge in [0, 0.05) is 7.11 Å². The van der Waals surface area contributed by atoms with Crippen molar-refractivity contribution in [2.45, 2.75) is 44.3 Å². The van der Waals surface area contributed by atoms with Crippen LogP contribution in [0.25, 0.3) is 0 Å². The van der Waals surface area contributed by atoms with E-state index in [2.05, 4.69) is 0 Å². The number of hydrogen-bond acceptors (Lipinski definition) is 2. The van der Waals surface area contributed by atoms with Gasteiger partial charge in [0.2, 0.25) is 0 Å². The van der Waals surface area contributed by atoms with Crippen LogP contribution in [0.2, 0.25) is 0 Å². The second-order valence-electron chi connectivity index (χ2n) is 4.75. The molecule has 0 saturated heterocycles. The van der Waals surface area contributed by atoms with Crippen LogP contribution < -0.4 is 0 Å². The van der Waals surface area contributed by atoms with Crippen molar-refractivity contribution >= 4 is 0 Å². The average Bonchev–Trinajstić information content (AvgIpc) is 2.40. The van der Waals surface area contributed by atoms with Crippen molar-refractivity contribution in [2.24, 2.45) is 11.8 Å². The number of ether oxygens (including phenoxy) is 1. The van der Waals surface area contributed by atoms with Gasteiger partial charge in [-0.3, -0.25) is 0 Å². The summed E-state index contributed by atoms with van der Waals surface area (Å²) in [6.07, 6.45) is 4.76. The fourth-order valence-corrected chi connectivity index (χ4v) is 3.06. The van der Waals surface area contributed by atoms with Gasteiger partial charge in [0.1, 0.15) is 0 Å². The molecule has 0 aromatic carbocycles. The summed E-state index contributed by atoms with van der Waals surface area (Å²) < 4.78 is 5.33. The maximum absolute atomic E-state index is 9.82. The van der Waals surface area contributed by atoms with Crippen LogP contribution in [0.5, 0.6) is 0 Å². The summed E-state index contributed by atoms with van der Waals surface area (Å²) in [5.74, 6) is 1.45. The Morgan fingerprint density at radius 1 is 1.25 bits per heavy atom. The maximum atomic E-state index is 9.82. The van der Waals surface area contributed by atoms with E-state index in [1.54, 1.807) is 7.11 Å². The monoisotopic (exact) mass is 170 g/mol. The topological polar surface area (TPSA) is 29.5 Å². The first-order valence-electron chi connectivity index (χ1n) is 4.86. The molecule has 2 unspecified atom stereocenters. The van der Waals surface area contributed by atoms with Gasteiger partial charge in [-0.25, -0.2) is 0 Å². The quantitative estimate of drug-likeness (QED) is 0.647. The summed E-state index contributed by atoms with van der Waals surface area (Å²) in [6.45, 7) is 1.97. The van der Waals surface area contributed by atoms with E-state index >= 15 is 0 Å². The average molecular weight is 170 g/mol. The minimum atomic E-state index is -0.381. The van der Waals surface area contributed by atoms with E-state index in [0.717, 1.165) is 37.5 Å². The smallest absolute Gasteiger partial charge is 0.0625 e. The Hall–Kier alpha value is -0.0800. The van der Waals surface area contributed by atoms with Crippen molar-refractivity contribution in [1.29, 1.82) is 0 Å². The molecule has 0 radical (unpaired) electrons. The second kappa shape index (κ2) is 2.71. The molecule has 2 rings (SSSR count). The molecule has 0 aliphatic heterocycles. The molecular weight excluding hydrogens is 152 g/mol. The molecule has 2 saturated carbocycles. The van der Waals surface area contributed by atoms with E-state index in [9.17, 15) is 5.11 Å². The van der Waals surface area contributed by atoms with Gasteiger partial charge in [0.25, 0.3) is 0 Å². The van der Waals surface area contributed by atoms with Crippen LogP contribution in [-0.4, -0.2) is 23.9 Å². The lowest BCUT2D eigenvalue weighted by atomic mass is 10.0. The van der Waals surface area contributed by atoms with Crippen LogP contribution in [0.3, 0.4) is 0 Å². The largest absolute Gasteiger partial charge is 0.390 e. The Balaban J connectivity index is 1.97. The van der Waals surface area contributed by atoms with Crippen LogP contribution in [0.4, 0.5) is 0 Å². The van der Waals surface area contributed by atoms with Crippen LogP contribution in [0, 0.1) is 11.8 Å². The predicted molar refractivity (Wildman–Crippen MR) is 46.9 cm³/mol. The minimum absolute atomic E-state index is 0.381. The summed E-state index contributed by atoms with van der Waals surface area (Å²) >= 11 is 0. The van der Waals surface area contributed by atoms with E-state index < -0.39 is 0 Å². The summed E-state index contributed by atoms with van der Waals surface area (Å²) in [5, 5.41) is 9.82. The molecule has 2 aliphatic carbocycles. The summed E-state index contributed by atoms with van der Waals surface area (Å²) in [4.78, 5) is 0. The summed E-state index contributed by atoms with van der Waals surface area (Å²) in [7, 11) is 1.80. The van der Waals surface area contributed by atoms with Crippen molar-refractivity contribution in [1.82, 2.24) is 0 Å². The van der Waals surface area contributed by atoms with Gasteiger partial charge >= 0.3 is 0 Å². The fourth-order valence-electron chi connectivity index (χ4n) is 3.06. The first-order chi connectivity index (χ1) is 5.61. The van der Waals surface area contributed by atoms with E-state index in [4.69, 9.17) is 4.74 Å². The molecule has 12 heavy (non-hydrogen) atoms. The zero-order valence-electron chi connectivity index (χ0n) is 7.92. The van der Waals surface area contributed by atoms with Gasteiger partial charge in [-0.15, -0.1) is 0 Å². The highest BCUT2D eigenvalue weighted by Crippen LogP contribution is 2.49. The van der Waals surface area contributed by atoms with Crippen LogP contribution in [0.1, 0.15) is 32.6 Å². The number of fused-ring (bicyclic) bond motifs is 1. The van der Waals surface area contributed by atoms with Crippen molar-refractivity contribution in [2.75, 3.05) is 7.11 Å². The molecule has 4 atom stereocenters. The number of rotatable bonds is 1. The molecule has 2 nitrogen and oxygen atoms in total. The van der Waals surface area contributed by atoms with Crippen LogP contribution >= 0.6 is 0 Å². The lowest BCUT2D eigenvalue weighted by molar-refractivity contribution is 0.0436. The van der Waals surface area contributed by atoms with Crippen LogP contribution in [0.15, 0.2) is 0 Å². The first kappa shape index (κ1) is 8.52. The lowest BCUT2D eigenvalue weighted by Gasteiger charge is -2.18. The van der Waals surface area contributed by atoms with Gasteiger partial charge in [-0.2, -0.15) is 0 Å². The van der Waals surface area contributed by atoms with E-state index in [0.29, 0.717) is 6.10 Å². The molecule has 0 aromatic rings. The van der Waals surface area contributed by atoms with E-state index in [-0.39, 0.29) is 5.60 Å². The molecule has 2 fully saturated rings. The third kappa shape index (κ3) is 1.38. The Kier molecular flexibility index (Phi) is 1.92. The molecule has 0 spiro atoms. The van der Waals surface area contributed by atoms with Crippen molar-refractivity contribution < 1.29 is 9.84 Å². The highest BCUT2D eigenvalue weighted by molar-refractivity contribution is 4.97.